The number of esters is 1. The van der Waals surface area contributed by atoms with Gasteiger partial charge < -0.3 is 14.8 Å². The molecular weight excluding hydrogens is 357 g/mol. The number of benzene rings is 2. The van der Waals surface area contributed by atoms with E-state index in [0.717, 1.165) is 0 Å². The second-order valence-electron chi connectivity index (χ2n) is 6.00. The maximum absolute atomic E-state index is 15.1. The molecule has 6 heteroatoms. The minimum absolute atomic E-state index is 0.00348. The maximum atomic E-state index is 15.1. The highest BCUT2D eigenvalue weighted by atomic mass is 35.5. The molecule has 0 fully saturated rings. The Hall–Kier alpha value is -2.11. The molecule has 1 unspecified atom stereocenters. The van der Waals surface area contributed by atoms with Crippen molar-refractivity contribution in [1.29, 1.82) is 0 Å². The molecule has 140 valence electrons. The summed E-state index contributed by atoms with van der Waals surface area (Å²) in [6, 6.07) is 11.7. The molecule has 0 aromatic heterocycles. The summed E-state index contributed by atoms with van der Waals surface area (Å²) in [4.78, 5) is 11.4. The lowest BCUT2D eigenvalue weighted by Crippen LogP contribution is -2.33. The molecule has 2 rings (SSSR count). The molecule has 0 saturated heterocycles. The van der Waals surface area contributed by atoms with Crippen LogP contribution >= 0.6 is 11.6 Å². The fraction of sp³-hybridized carbons (Fsp3) is 0.350. The first-order chi connectivity index (χ1) is 12.5. The molecule has 0 aliphatic heterocycles. The van der Waals surface area contributed by atoms with Gasteiger partial charge in [0, 0.05) is 17.6 Å². The van der Waals surface area contributed by atoms with Crippen molar-refractivity contribution in [3.8, 4) is 11.5 Å². The van der Waals surface area contributed by atoms with Crippen LogP contribution in [0.3, 0.4) is 0 Å². The quantitative estimate of drug-likeness (QED) is 0.635. The van der Waals surface area contributed by atoms with Crippen LogP contribution in [0.15, 0.2) is 42.5 Å². The third-order valence-electron chi connectivity index (χ3n) is 4.01. The van der Waals surface area contributed by atoms with Gasteiger partial charge in [0.15, 0.2) is 11.6 Å². The second kappa shape index (κ2) is 9.55. The highest BCUT2D eigenvalue weighted by Gasteiger charge is 2.22. The lowest BCUT2D eigenvalue weighted by Gasteiger charge is -2.23. The fourth-order valence-electron chi connectivity index (χ4n) is 2.68. The molecule has 2 aromatic rings. The predicted molar refractivity (Wildman–Crippen MR) is 100 cm³/mol. The molecule has 2 atom stereocenters. The van der Waals surface area contributed by atoms with Crippen LogP contribution in [0.25, 0.3) is 0 Å². The van der Waals surface area contributed by atoms with Crippen LogP contribution in [0.1, 0.15) is 38.3 Å². The zero-order valence-electron chi connectivity index (χ0n) is 15.1. The van der Waals surface area contributed by atoms with Gasteiger partial charge in [-0.25, -0.2) is 4.39 Å². The third kappa shape index (κ3) is 5.19. The van der Waals surface area contributed by atoms with E-state index in [2.05, 4.69) is 10.1 Å². The number of carbonyl (C=O) groups excluding carboxylic acids is 1. The van der Waals surface area contributed by atoms with Gasteiger partial charge in [-0.05, 0) is 31.5 Å². The topological polar surface area (TPSA) is 47.6 Å². The molecule has 2 aromatic carbocycles. The van der Waals surface area contributed by atoms with Gasteiger partial charge in [0.05, 0.1) is 18.6 Å². The van der Waals surface area contributed by atoms with Crippen LogP contribution in [-0.4, -0.2) is 19.1 Å². The van der Waals surface area contributed by atoms with Crippen LogP contribution in [0.4, 0.5) is 4.39 Å². The summed E-state index contributed by atoms with van der Waals surface area (Å²) in [6.07, 6.45) is 0.838. The summed E-state index contributed by atoms with van der Waals surface area (Å²) in [5.74, 6) is -0.322. The van der Waals surface area contributed by atoms with Crippen molar-refractivity contribution >= 4 is 17.6 Å². The number of rotatable bonds is 8. The minimum atomic E-state index is -0.508. The molecule has 1 N–H and O–H groups in total. The summed E-state index contributed by atoms with van der Waals surface area (Å²) in [7, 11) is 1.35. The van der Waals surface area contributed by atoms with Gasteiger partial charge in [-0.15, -0.1) is 0 Å². The number of halogens is 2. The molecule has 0 bridgehead atoms. The molecule has 0 aliphatic carbocycles. The number of carbonyl (C=O) groups is 1. The van der Waals surface area contributed by atoms with Gasteiger partial charge in [-0.2, -0.15) is 0 Å². The first kappa shape index (κ1) is 20.2. The van der Waals surface area contributed by atoms with E-state index in [-0.39, 0.29) is 35.2 Å². The smallest absolute Gasteiger partial charge is 0.307 e. The highest BCUT2D eigenvalue weighted by molar-refractivity contribution is 6.32. The number of hydrogen-bond acceptors (Lipinski definition) is 4. The van der Waals surface area contributed by atoms with Crippen molar-refractivity contribution in [2.45, 2.75) is 38.8 Å². The number of methoxy groups -OCH3 is 1. The van der Waals surface area contributed by atoms with Crippen molar-refractivity contribution in [3.63, 3.8) is 0 Å². The standard InChI is InChI=1S/C20H23ClFNO3/c1-4-17(23-13(2)12-18(24)25-3)15-10-11-16(21)20(19(15)22)26-14-8-6-5-7-9-14/h5-11,13,17,23H,4,12H2,1-3H3/t13-,17?/m0/s1. The maximum Gasteiger partial charge on any atom is 0.307 e. The Morgan fingerprint density at radius 1 is 1.23 bits per heavy atom. The predicted octanol–water partition coefficient (Wildman–Crippen LogP) is 5.26. The van der Waals surface area contributed by atoms with E-state index >= 15 is 4.39 Å². The Balaban J connectivity index is 2.24. The molecule has 0 radical (unpaired) electrons. The Bertz CT molecular complexity index is 739. The largest absolute Gasteiger partial charge is 0.469 e. The van der Waals surface area contributed by atoms with Crippen molar-refractivity contribution in [2.75, 3.05) is 7.11 Å². The summed E-state index contributed by atoms with van der Waals surface area (Å²) < 4.78 is 25.4. The fourth-order valence-corrected chi connectivity index (χ4v) is 2.86. The lowest BCUT2D eigenvalue weighted by atomic mass is 10.0. The van der Waals surface area contributed by atoms with Crippen molar-refractivity contribution in [3.05, 3.63) is 58.9 Å². The number of para-hydroxylation sites is 1. The molecule has 0 spiro atoms. The van der Waals surface area contributed by atoms with E-state index in [0.29, 0.717) is 17.7 Å². The van der Waals surface area contributed by atoms with Crippen molar-refractivity contribution in [2.24, 2.45) is 0 Å². The Labute approximate surface area is 158 Å². The number of ether oxygens (including phenoxy) is 2. The van der Waals surface area contributed by atoms with Gasteiger partial charge in [0.2, 0.25) is 0 Å². The van der Waals surface area contributed by atoms with Crippen molar-refractivity contribution in [1.82, 2.24) is 5.32 Å². The molecule has 0 saturated carbocycles. The molecule has 0 amide bonds. The van der Waals surface area contributed by atoms with Crippen LogP contribution in [-0.2, 0) is 9.53 Å². The van der Waals surface area contributed by atoms with E-state index in [9.17, 15) is 4.79 Å². The first-order valence-electron chi connectivity index (χ1n) is 8.49. The normalized spacial score (nSPS) is 13.1. The van der Waals surface area contributed by atoms with Crippen LogP contribution in [0.2, 0.25) is 5.02 Å². The van der Waals surface area contributed by atoms with Gasteiger partial charge in [-0.1, -0.05) is 42.8 Å². The average Bonchev–Trinajstić information content (AvgIpc) is 2.64. The SMILES string of the molecule is CCC(N[C@@H](C)CC(=O)OC)c1ccc(Cl)c(Oc2ccccc2)c1F. The van der Waals surface area contributed by atoms with Crippen LogP contribution < -0.4 is 10.1 Å². The highest BCUT2D eigenvalue weighted by Crippen LogP contribution is 2.36. The summed E-state index contributed by atoms with van der Waals surface area (Å²) in [5.41, 5.74) is 0.444. The van der Waals surface area contributed by atoms with Crippen LogP contribution in [0, 0.1) is 5.82 Å². The molecule has 0 heterocycles. The number of nitrogens with one attached hydrogen (secondary N) is 1. The van der Waals surface area contributed by atoms with E-state index in [1.807, 2.05) is 19.9 Å². The van der Waals surface area contributed by atoms with Gasteiger partial charge in [0.25, 0.3) is 0 Å². The third-order valence-corrected chi connectivity index (χ3v) is 4.31. The van der Waals surface area contributed by atoms with E-state index < -0.39 is 5.82 Å². The average molecular weight is 380 g/mol. The Morgan fingerprint density at radius 2 is 1.92 bits per heavy atom. The minimum Gasteiger partial charge on any atom is -0.469 e. The zero-order valence-corrected chi connectivity index (χ0v) is 15.8. The molecule has 4 nitrogen and oxygen atoms in total. The number of hydrogen-bond donors (Lipinski definition) is 1. The summed E-state index contributed by atoms with van der Waals surface area (Å²) >= 11 is 6.15. The molecule has 26 heavy (non-hydrogen) atoms. The Kier molecular flexibility index (Phi) is 7.42. The van der Waals surface area contributed by atoms with Gasteiger partial charge in [0.1, 0.15) is 5.75 Å². The summed E-state index contributed by atoms with van der Waals surface area (Å²) in [5, 5.41) is 3.46. The van der Waals surface area contributed by atoms with Gasteiger partial charge >= 0.3 is 5.97 Å². The van der Waals surface area contributed by atoms with E-state index in [4.69, 9.17) is 16.3 Å². The summed E-state index contributed by atoms with van der Waals surface area (Å²) in [6.45, 7) is 3.79. The van der Waals surface area contributed by atoms with E-state index in [1.54, 1.807) is 36.4 Å². The van der Waals surface area contributed by atoms with Crippen LogP contribution in [0.5, 0.6) is 11.5 Å². The zero-order chi connectivity index (χ0) is 19.1. The molecular formula is C20H23ClFNO3. The lowest BCUT2D eigenvalue weighted by molar-refractivity contribution is -0.141. The van der Waals surface area contributed by atoms with E-state index in [1.165, 1.54) is 7.11 Å². The van der Waals surface area contributed by atoms with Crippen molar-refractivity contribution < 1.29 is 18.7 Å². The van der Waals surface area contributed by atoms with Gasteiger partial charge in [-0.3, -0.25) is 4.79 Å². The first-order valence-corrected chi connectivity index (χ1v) is 8.87. The monoisotopic (exact) mass is 379 g/mol. The second-order valence-corrected chi connectivity index (χ2v) is 6.41. The molecule has 0 aliphatic rings. The Morgan fingerprint density at radius 3 is 2.54 bits per heavy atom.